The Morgan fingerprint density at radius 2 is 1.82 bits per heavy atom. The number of carbonyl (C=O) groups is 1. The molecule has 33 heavy (non-hydrogen) atoms. The molecule has 1 N–H and O–H groups in total. The van der Waals surface area contributed by atoms with E-state index in [9.17, 15) is 4.79 Å². The summed E-state index contributed by atoms with van der Waals surface area (Å²) in [6, 6.07) is 16.1. The van der Waals surface area contributed by atoms with Crippen LogP contribution in [0.1, 0.15) is 15.9 Å². The number of aromatic nitrogens is 4. The monoisotopic (exact) mass is 445 g/mol. The van der Waals surface area contributed by atoms with Crippen molar-refractivity contribution in [1.29, 1.82) is 0 Å². The third-order valence-corrected chi connectivity index (χ3v) is 4.93. The highest BCUT2D eigenvalue weighted by atomic mass is 16.5. The van der Waals surface area contributed by atoms with Crippen LogP contribution in [0.25, 0.3) is 11.4 Å². The van der Waals surface area contributed by atoms with E-state index in [4.69, 9.17) is 14.2 Å². The summed E-state index contributed by atoms with van der Waals surface area (Å²) in [5.74, 6) is 2.17. The summed E-state index contributed by atoms with van der Waals surface area (Å²) in [4.78, 5) is 22.0. The second kappa shape index (κ2) is 9.82. The molecule has 0 unspecified atom stereocenters. The molecule has 0 fully saturated rings. The molecule has 0 amide bonds. The van der Waals surface area contributed by atoms with Crippen LogP contribution in [0.4, 0.5) is 5.95 Å². The number of carbonyl (C=O) groups excluding carboxylic acids is 1. The van der Waals surface area contributed by atoms with Crippen LogP contribution in [0.3, 0.4) is 0 Å². The van der Waals surface area contributed by atoms with Crippen LogP contribution in [-0.4, -0.2) is 47.0 Å². The Hall–Kier alpha value is -4.40. The molecular weight excluding hydrogens is 422 g/mol. The van der Waals surface area contributed by atoms with Gasteiger partial charge in [-0.2, -0.15) is 9.67 Å². The van der Waals surface area contributed by atoms with Gasteiger partial charge in [-0.3, -0.25) is 9.78 Å². The molecule has 0 radical (unpaired) electrons. The Morgan fingerprint density at radius 1 is 0.970 bits per heavy atom. The Morgan fingerprint density at radius 3 is 2.55 bits per heavy atom. The highest BCUT2D eigenvalue weighted by Gasteiger charge is 2.19. The molecule has 4 aromatic rings. The maximum atomic E-state index is 13.3. The van der Waals surface area contributed by atoms with Gasteiger partial charge in [0.25, 0.3) is 5.91 Å². The van der Waals surface area contributed by atoms with Gasteiger partial charge in [-0.1, -0.05) is 12.1 Å². The van der Waals surface area contributed by atoms with Crippen molar-refractivity contribution in [1.82, 2.24) is 19.7 Å². The average molecular weight is 445 g/mol. The van der Waals surface area contributed by atoms with E-state index >= 15 is 0 Å². The van der Waals surface area contributed by atoms with Gasteiger partial charge in [0, 0.05) is 30.1 Å². The van der Waals surface area contributed by atoms with Crippen LogP contribution in [0.15, 0.2) is 67.0 Å². The van der Waals surface area contributed by atoms with Crippen LogP contribution in [0, 0.1) is 0 Å². The first-order valence-electron chi connectivity index (χ1n) is 10.1. The molecule has 0 atom stereocenters. The first-order chi connectivity index (χ1) is 16.1. The summed E-state index contributed by atoms with van der Waals surface area (Å²) >= 11 is 0. The fourth-order valence-corrected chi connectivity index (χ4v) is 3.24. The molecule has 0 aliphatic rings. The third kappa shape index (κ3) is 4.77. The maximum Gasteiger partial charge on any atom is 0.281 e. The molecule has 2 aromatic heterocycles. The van der Waals surface area contributed by atoms with Gasteiger partial charge in [0.15, 0.2) is 17.3 Å². The Bertz CT molecular complexity index is 1260. The van der Waals surface area contributed by atoms with Crippen LogP contribution < -0.4 is 19.5 Å². The van der Waals surface area contributed by atoms with Gasteiger partial charge in [-0.05, 0) is 48.0 Å². The van der Waals surface area contributed by atoms with Crippen molar-refractivity contribution < 1.29 is 19.0 Å². The lowest BCUT2D eigenvalue weighted by Gasteiger charge is -2.11. The maximum absolute atomic E-state index is 13.3. The van der Waals surface area contributed by atoms with Gasteiger partial charge >= 0.3 is 0 Å². The highest BCUT2D eigenvalue weighted by Crippen LogP contribution is 2.28. The van der Waals surface area contributed by atoms with Gasteiger partial charge < -0.3 is 19.5 Å². The molecule has 0 bridgehead atoms. The zero-order valence-electron chi connectivity index (χ0n) is 18.5. The number of pyridine rings is 1. The number of methoxy groups -OCH3 is 3. The number of anilines is 1. The second-order valence-electron chi connectivity index (χ2n) is 6.99. The van der Waals surface area contributed by atoms with E-state index in [1.54, 1.807) is 64.1 Å². The van der Waals surface area contributed by atoms with E-state index in [1.807, 2.05) is 24.3 Å². The van der Waals surface area contributed by atoms with E-state index in [0.717, 1.165) is 5.56 Å². The predicted molar refractivity (Wildman–Crippen MR) is 123 cm³/mol. The highest BCUT2D eigenvalue weighted by molar-refractivity contribution is 5.97. The van der Waals surface area contributed by atoms with Crippen molar-refractivity contribution in [3.63, 3.8) is 0 Å². The molecule has 9 heteroatoms. The molecule has 0 aliphatic carbocycles. The molecule has 0 saturated heterocycles. The molecule has 2 heterocycles. The summed E-state index contributed by atoms with van der Waals surface area (Å²) in [5, 5.41) is 7.66. The first kappa shape index (κ1) is 21.8. The van der Waals surface area contributed by atoms with Gasteiger partial charge in [-0.15, -0.1) is 5.10 Å². The summed E-state index contributed by atoms with van der Waals surface area (Å²) in [5.41, 5.74) is 2.04. The summed E-state index contributed by atoms with van der Waals surface area (Å²) in [7, 11) is 4.72. The Balaban J connectivity index is 1.67. The van der Waals surface area contributed by atoms with Crippen molar-refractivity contribution in [2.45, 2.75) is 6.54 Å². The molecule has 0 saturated carbocycles. The van der Waals surface area contributed by atoms with Gasteiger partial charge in [-0.25, -0.2) is 0 Å². The zero-order chi connectivity index (χ0) is 23.2. The number of rotatable bonds is 8. The lowest BCUT2D eigenvalue weighted by molar-refractivity contribution is 0.0947. The van der Waals surface area contributed by atoms with Crippen molar-refractivity contribution >= 4 is 11.9 Å². The van der Waals surface area contributed by atoms with Crippen molar-refractivity contribution in [2.75, 3.05) is 26.6 Å². The lowest BCUT2D eigenvalue weighted by Crippen LogP contribution is -2.17. The topological polar surface area (TPSA) is 100 Å². The van der Waals surface area contributed by atoms with Crippen LogP contribution in [0.5, 0.6) is 17.2 Å². The van der Waals surface area contributed by atoms with Crippen molar-refractivity contribution in [3.8, 4) is 28.6 Å². The normalized spacial score (nSPS) is 10.5. The predicted octanol–water partition coefficient (Wildman–Crippen LogP) is 3.67. The van der Waals surface area contributed by atoms with Crippen LogP contribution in [0.2, 0.25) is 0 Å². The number of benzene rings is 2. The smallest absolute Gasteiger partial charge is 0.281 e. The molecule has 0 spiro atoms. The van der Waals surface area contributed by atoms with E-state index in [-0.39, 0.29) is 5.91 Å². The van der Waals surface area contributed by atoms with E-state index in [2.05, 4.69) is 20.4 Å². The minimum atomic E-state index is -0.341. The number of hydrogen-bond donors (Lipinski definition) is 1. The van der Waals surface area contributed by atoms with Gasteiger partial charge in [0.2, 0.25) is 5.95 Å². The summed E-state index contributed by atoms with van der Waals surface area (Å²) in [6.07, 6.45) is 3.31. The molecule has 168 valence electrons. The summed E-state index contributed by atoms with van der Waals surface area (Å²) < 4.78 is 17.2. The van der Waals surface area contributed by atoms with Gasteiger partial charge in [0.1, 0.15) is 5.75 Å². The van der Waals surface area contributed by atoms with Crippen molar-refractivity contribution in [2.24, 2.45) is 0 Å². The zero-order valence-corrected chi connectivity index (χ0v) is 18.5. The molecule has 2 aromatic carbocycles. The summed E-state index contributed by atoms with van der Waals surface area (Å²) in [6.45, 7) is 0.386. The van der Waals surface area contributed by atoms with Crippen molar-refractivity contribution in [3.05, 3.63) is 78.1 Å². The van der Waals surface area contributed by atoms with Crippen LogP contribution >= 0.6 is 0 Å². The molecular formula is C24H23N5O4. The lowest BCUT2D eigenvalue weighted by atomic mass is 10.2. The largest absolute Gasteiger partial charge is 0.497 e. The van der Waals surface area contributed by atoms with Crippen LogP contribution in [-0.2, 0) is 6.54 Å². The Labute approximate surface area is 191 Å². The fraction of sp³-hybridized carbons (Fsp3) is 0.167. The quantitative estimate of drug-likeness (QED) is 0.439. The second-order valence-corrected chi connectivity index (χ2v) is 6.99. The van der Waals surface area contributed by atoms with Gasteiger partial charge in [0.05, 0.1) is 21.3 Å². The van der Waals surface area contributed by atoms with E-state index in [1.165, 1.54) is 4.68 Å². The number of hydrogen-bond acceptors (Lipinski definition) is 8. The first-order valence-corrected chi connectivity index (χ1v) is 10.1. The molecule has 4 rings (SSSR count). The number of nitrogens with zero attached hydrogens (tertiary/aromatic N) is 4. The Kier molecular flexibility index (Phi) is 6.49. The number of ether oxygens (including phenoxy) is 3. The SMILES string of the molecule is COc1cccc(C(=O)n2nc(-c3cccnc3)nc2NCc2ccc(OC)c(OC)c2)c1. The average Bonchev–Trinajstić information content (AvgIpc) is 3.31. The minimum absolute atomic E-state index is 0.302. The molecule has 0 aliphatic heterocycles. The van der Waals surface area contributed by atoms with E-state index in [0.29, 0.717) is 46.7 Å². The standard InChI is InChI=1S/C24H23N5O4/c1-31-19-8-4-6-17(13-19)23(30)29-24(27-22(28-29)18-7-5-11-25-15-18)26-14-16-9-10-20(32-2)21(12-16)33-3/h4-13,15H,14H2,1-3H3,(H,26,27,28). The number of nitrogens with one attached hydrogen (secondary N) is 1. The third-order valence-electron chi connectivity index (χ3n) is 4.93. The van der Waals surface area contributed by atoms with E-state index < -0.39 is 0 Å². The minimum Gasteiger partial charge on any atom is -0.497 e. The molecule has 9 nitrogen and oxygen atoms in total. The fourth-order valence-electron chi connectivity index (χ4n) is 3.24.